The Kier molecular flexibility index (Phi) is 5.97. The van der Waals surface area contributed by atoms with E-state index in [1.165, 1.54) is 11.3 Å². The first-order valence-corrected chi connectivity index (χ1v) is 8.59. The van der Waals surface area contributed by atoms with Gasteiger partial charge in [-0.25, -0.2) is 0 Å². The molecule has 2 rings (SSSR count). The van der Waals surface area contributed by atoms with Crippen molar-refractivity contribution in [1.29, 1.82) is 0 Å². The summed E-state index contributed by atoms with van der Waals surface area (Å²) in [7, 11) is 1.61. The van der Waals surface area contributed by atoms with E-state index in [1.807, 2.05) is 22.6 Å². The number of aryl methyl sites for hydroxylation is 1. The number of amides is 2. The van der Waals surface area contributed by atoms with Crippen LogP contribution < -0.4 is 5.32 Å². The van der Waals surface area contributed by atoms with Crippen LogP contribution in [0.25, 0.3) is 0 Å². The van der Waals surface area contributed by atoms with Gasteiger partial charge < -0.3 is 15.0 Å². The van der Waals surface area contributed by atoms with Crippen molar-refractivity contribution in [2.45, 2.75) is 32.7 Å². The molecule has 6 heteroatoms. The molecule has 1 aromatic rings. The number of piperidine rings is 1. The third-order valence-electron chi connectivity index (χ3n) is 4.21. The van der Waals surface area contributed by atoms with Crippen LogP contribution in [0.2, 0.25) is 0 Å². The van der Waals surface area contributed by atoms with E-state index >= 15 is 0 Å². The van der Waals surface area contributed by atoms with Gasteiger partial charge in [-0.3, -0.25) is 9.59 Å². The van der Waals surface area contributed by atoms with Crippen molar-refractivity contribution in [2.75, 3.05) is 26.8 Å². The SMILES string of the molecule is COCCNC(=O)[C@@H]1CC[C@H](C)N(C(=O)c2cscc2C)C1. The van der Waals surface area contributed by atoms with Crippen LogP contribution in [0.3, 0.4) is 0 Å². The lowest BCUT2D eigenvalue weighted by Crippen LogP contribution is -2.49. The fourth-order valence-corrected chi connectivity index (χ4v) is 3.58. The van der Waals surface area contributed by atoms with E-state index in [9.17, 15) is 9.59 Å². The summed E-state index contributed by atoms with van der Waals surface area (Å²) in [5.74, 6) is -0.0691. The molecule has 1 aliphatic rings. The summed E-state index contributed by atoms with van der Waals surface area (Å²) in [6, 6.07) is 0.176. The fraction of sp³-hybridized carbons (Fsp3) is 0.625. The highest BCUT2D eigenvalue weighted by Gasteiger charge is 2.33. The molecule has 1 saturated heterocycles. The number of hydrogen-bond donors (Lipinski definition) is 1. The van der Waals surface area contributed by atoms with Crippen LogP contribution in [0.1, 0.15) is 35.7 Å². The highest BCUT2D eigenvalue weighted by molar-refractivity contribution is 7.08. The number of hydrogen-bond acceptors (Lipinski definition) is 4. The molecule has 5 nitrogen and oxygen atoms in total. The first-order valence-electron chi connectivity index (χ1n) is 7.65. The zero-order valence-corrected chi connectivity index (χ0v) is 14.2. The third-order valence-corrected chi connectivity index (χ3v) is 5.07. The lowest BCUT2D eigenvalue weighted by Gasteiger charge is -2.37. The average Bonchev–Trinajstić information content (AvgIpc) is 2.93. The summed E-state index contributed by atoms with van der Waals surface area (Å²) < 4.78 is 4.94. The van der Waals surface area contributed by atoms with Gasteiger partial charge in [0.25, 0.3) is 5.91 Å². The molecular weight excluding hydrogens is 300 g/mol. The number of methoxy groups -OCH3 is 1. The van der Waals surface area contributed by atoms with Crippen LogP contribution in [-0.2, 0) is 9.53 Å². The molecule has 2 heterocycles. The second kappa shape index (κ2) is 7.74. The minimum absolute atomic E-state index is 0.0174. The number of rotatable bonds is 5. The van der Waals surface area contributed by atoms with Gasteiger partial charge in [0.05, 0.1) is 18.1 Å². The average molecular weight is 324 g/mol. The van der Waals surface area contributed by atoms with E-state index in [0.717, 1.165) is 24.0 Å². The van der Waals surface area contributed by atoms with Crippen molar-refractivity contribution in [3.05, 3.63) is 21.9 Å². The van der Waals surface area contributed by atoms with Crippen molar-refractivity contribution in [1.82, 2.24) is 10.2 Å². The van der Waals surface area contributed by atoms with E-state index in [1.54, 1.807) is 7.11 Å². The molecular formula is C16H24N2O3S. The van der Waals surface area contributed by atoms with Crippen molar-refractivity contribution in [3.63, 3.8) is 0 Å². The molecule has 1 N–H and O–H groups in total. The van der Waals surface area contributed by atoms with Crippen LogP contribution in [0, 0.1) is 12.8 Å². The smallest absolute Gasteiger partial charge is 0.255 e. The zero-order chi connectivity index (χ0) is 16.1. The number of carbonyl (C=O) groups excluding carboxylic acids is 2. The highest BCUT2D eigenvalue weighted by Crippen LogP contribution is 2.25. The Hall–Kier alpha value is -1.40. The largest absolute Gasteiger partial charge is 0.383 e. The quantitative estimate of drug-likeness (QED) is 0.844. The van der Waals surface area contributed by atoms with Crippen molar-refractivity contribution in [2.24, 2.45) is 5.92 Å². The van der Waals surface area contributed by atoms with Crippen LogP contribution in [0.15, 0.2) is 10.8 Å². The second-order valence-corrected chi connectivity index (χ2v) is 6.58. The second-order valence-electron chi connectivity index (χ2n) is 5.83. The predicted octanol–water partition coefficient (Wildman–Crippen LogP) is 2.06. The first kappa shape index (κ1) is 17.0. The molecule has 0 aliphatic carbocycles. The molecule has 22 heavy (non-hydrogen) atoms. The summed E-state index contributed by atoms with van der Waals surface area (Å²) >= 11 is 1.54. The maximum Gasteiger partial charge on any atom is 0.255 e. The van der Waals surface area contributed by atoms with E-state index in [-0.39, 0.29) is 23.8 Å². The Labute approximate surface area is 135 Å². The summed E-state index contributed by atoms with van der Waals surface area (Å²) in [5, 5.41) is 6.75. The Morgan fingerprint density at radius 2 is 2.18 bits per heavy atom. The number of likely N-dealkylation sites (tertiary alicyclic amines) is 1. The van der Waals surface area contributed by atoms with Gasteiger partial charge in [0.2, 0.25) is 5.91 Å². The van der Waals surface area contributed by atoms with E-state index < -0.39 is 0 Å². The van der Waals surface area contributed by atoms with Crippen LogP contribution >= 0.6 is 11.3 Å². The molecule has 1 fully saturated rings. The van der Waals surface area contributed by atoms with Gasteiger partial charge >= 0.3 is 0 Å². The van der Waals surface area contributed by atoms with E-state index in [0.29, 0.717) is 19.7 Å². The Morgan fingerprint density at radius 1 is 1.41 bits per heavy atom. The van der Waals surface area contributed by atoms with Gasteiger partial charge in [-0.05, 0) is 37.6 Å². The topological polar surface area (TPSA) is 58.6 Å². The molecule has 122 valence electrons. The molecule has 0 spiro atoms. The Bertz CT molecular complexity index is 529. The fourth-order valence-electron chi connectivity index (χ4n) is 2.76. The number of ether oxygens (including phenoxy) is 1. The molecule has 0 aromatic carbocycles. The summed E-state index contributed by atoms with van der Waals surface area (Å²) in [6.07, 6.45) is 1.68. The predicted molar refractivity (Wildman–Crippen MR) is 87.2 cm³/mol. The highest BCUT2D eigenvalue weighted by atomic mass is 32.1. The van der Waals surface area contributed by atoms with Gasteiger partial charge in [-0.15, -0.1) is 0 Å². The van der Waals surface area contributed by atoms with Crippen molar-refractivity contribution < 1.29 is 14.3 Å². The lowest BCUT2D eigenvalue weighted by atomic mass is 9.92. The van der Waals surface area contributed by atoms with Crippen molar-refractivity contribution >= 4 is 23.2 Å². The van der Waals surface area contributed by atoms with Crippen molar-refractivity contribution in [3.8, 4) is 0 Å². The maximum absolute atomic E-state index is 12.7. The van der Waals surface area contributed by atoms with Gasteiger partial charge in [0.15, 0.2) is 0 Å². The van der Waals surface area contributed by atoms with E-state index in [4.69, 9.17) is 4.74 Å². The van der Waals surface area contributed by atoms with Gasteiger partial charge in [-0.2, -0.15) is 11.3 Å². The minimum atomic E-state index is -0.129. The third kappa shape index (κ3) is 3.87. The number of nitrogens with one attached hydrogen (secondary N) is 1. The van der Waals surface area contributed by atoms with Gasteiger partial charge in [-0.1, -0.05) is 0 Å². The molecule has 0 radical (unpaired) electrons. The number of carbonyl (C=O) groups is 2. The van der Waals surface area contributed by atoms with Crippen LogP contribution in [-0.4, -0.2) is 49.6 Å². The first-order chi connectivity index (χ1) is 10.5. The molecule has 0 unspecified atom stereocenters. The Balaban J connectivity index is 2.00. The summed E-state index contributed by atoms with van der Waals surface area (Å²) in [4.78, 5) is 26.7. The minimum Gasteiger partial charge on any atom is -0.383 e. The monoisotopic (exact) mass is 324 g/mol. The molecule has 1 aromatic heterocycles. The van der Waals surface area contributed by atoms with Gasteiger partial charge in [0.1, 0.15) is 0 Å². The van der Waals surface area contributed by atoms with Gasteiger partial charge in [0, 0.05) is 31.6 Å². The number of thiophene rings is 1. The van der Waals surface area contributed by atoms with Crippen LogP contribution in [0.4, 0.5) is 0 Å². The lowest BCUT2D eigenvalue weighted by molar-refractivity contribution is -0.126. The standard InChI is InChI=1S/C16H24N2O3S/c1-11-9-22-10-14(11)16(20)18-8-13(5-4-12(18)2)15(19)17-6-7-21-3/h9-10,12-13H,4-8H2,1-3H3,(H,17,19)/t12-,13+/m0/s1. The molecule has 2 amide bonds. The zero-order valence-electron chi connectivity index (χ0n) is 13.4. The number of nitrogens with zero attached hydrogens (tertiary/aromatic N) is 1. The molecule has 0 bridgehead atoms. The Morgan fingerprint density at radius 3 is 2.82 bits per heavy atom. The van der Waals surface area contributed by atoms with Crippen LogP contribution in [0.5, 0.6) is 0 Å². The normalized spacial score (nSPS) is 21.7. The maximum atomic E-state index is 12.7. The van der Waals surface area contributed by atoms with E-state index in [2.05, 4.69) is 12.2 Å². The molecule has 1 aliphatic heterocycles. The summed E-state index contributed by atoms with van der Waals surface area (Å²) in [5.41, 5.74) is 1.77. The molecule has 0 saturated carbocycles. The summed E-state index contributed by atoms with van der Waals surface area (Å²) in [6.45, 7) is 5.52. The molecule has 2 atom stereocenters.